The van der Waals surface area contributed by atoms with Crippen molar-refractivity contribution in [3.05, 3.63) is 29.6 Å². The number of alkyl halides is 3. The lowest BCUT2D eigenvalue weighted by Gasteiger charge is -2.08. The highest BCUT2D eigenvalue weighted by Gasteiger charge is 2.17. The molecule has 0 unspecified atom stereocenters. The second kappa shape index (κ2) is 5.89. The van der Waals surface area contributed by atoms with Crippen molar-refractivity contribution in [2.45, 2.75) is 13.0 Å². The van der Waals surface area contributed by atoms with Gasteiger partial charge in [-0.3, -0.25) is 4.79 Å². The number of hydrogen-bond acceptors (Lipinski definition) is 2. The molecule has 1 aromatic rings. The predicted molar refractivity (Wildman–Crippen MR) is 55.8 cm³/mol. The summed E-state index contributed by atoms with van der Waals surface area (Å²) in [5.41, 5.74) is -0.238. The van der Waals surface area contributed by atoms with Gasteiger partial charge in [-0.2, -0.15) is 8.78 Å². The van der Waals surface area contributed by atoms with Crippen LogP contribution in [0, 0.1) is 5.82 Å². The average Bonchev–Trinajstić information content (AvgIpc) is 2.21. The lowest BCUT2D eigenvalue weighted by Crippen LogP contribution is -2.08. The minimum atomic E-state index is -3.11. The van der Waals surface area contributed by atoms with Crippen LogP contribution in [-0.2, 0) is 0 Å². The summed E-state index contributed by atoms with van der Waals surface area (Å²) in [4.78, 5) is 11.4. The smallest absolute Gasteiger partial charge is 0.387 e. The molecule has 1 aromatic carbocycles. The number of hydrogen-bond donors (Lipinski definition) is 0. The van der Waals surface area contributed by atoms with Crippen molar-refractivity contribution >= 4 is 21.7 Å². The molecule has 16 heavy (non-hydrogen) atoms. The molecule has 0 N–H and O–H groups in total. The zero-order chi connectivity index (χ0) is 12.1. The van der Waals surface area contributed by atoms with Gasteiger partial charge >= 0.3 is 6.61 Å². The molecular weight excluding hydrogens is 289 g/mol. The summed E-state index contributed by atoms with van der Waals surface area (Å²) in [6.45, 7) is -3.11. The Balaban J connectivity index is 2.99. The first-order chi connectivity index (χ1) is 7.56. The van der Waals surface area contributed by atoms with E-state index in [1.54, 1.807) is 0 Å². The summed E-state index contributed by atoms with van der Waals surface area (Å²) in [6.07, 6.45) is 0.0923. The maximum absolute atomic E-state index is 13.5. The summed E-state index contributed by atoms with van der Waals surface area (Å²) in [7, 11) is 0. The normalized spacial score (nSPS) is 10.6. The van der Waals surface area contributed by atoms with Crippen molar-refractivity contribution in [3.63, 3.8) is 0 Å². The van der Waals surface area contributed by atoms with Gasteiger partial charge in [0.15, 0.2) is 17.3 Å². The third kappa shape index (κ3) is 3.23. The van der Waals surface area contributed by atoms with E-state index >= 15 is 0 Å². The molecule has 1 rings (SSSR count). The lowest BCUT2D eigenvalue weighted by atomic mass is 10.1. The first kappa shape index (κ1) is 13.0. The van der Waals surface area contributed by atoms with Crippen molar-refractivity contribution in [1.82, 2.24) is 0 Å². The third-order valence-corrected chi connectivity index (χ3v) is 2.20. The highest BCUT2D eigenvalue weighted by atomic mass is 79.9. The molecule has 6 heteroatoms. The van der Waals surface area contributed by atoms with Gasteiger partial charge in [-0.05, 0) is 12.1 Å². The van der Waals surface area contributed by atoms with Gasteiger partial charge in [0.25, 0.3) is 0 Å². The summed E-state index contributed by atoms with van der Waals surface area (Å²) in [5.74, 6) is -2.13. The summed E-state index contributed by atoms with van der Waals surface area (Å²) >= 11 is 3.04. The van der Waals surface area contributed by atoms with Gasteiger partial charge in [-0.15, -0.1) is 0 Å². The molecule has 0 fully saturated rings. The fourth-order valence-corrected chi connectivity index (χ4v) is 1.49. The highest BCUT2D eigenvalue weighted by Crippen LogP contribution is 2.23. The van der Waals surface area contributed by atoms with Gasteiger partial charge in [-0.25, -0.2) is 4.39 Å². The Kier molecular flexibility index (Phi) is 4.79. The second-order valence-electron chi connectivity index (χ2n) is 2.86. The van der Waals surface area contributed by atoms with Crippen LogP contribution in [-0.4, -0.2) is 17.7 Å². The Hall–Kier alpha value is -1.04. The van der Waals surface area contributed by atoms with Gasteiger partial charge in [0.05, 0.1) is 5.56 Å². The van der Waals surface area contributed by atoms with Crippen LogP contribution >= 0.6 is 15.9 Å². The maximum Gasteiger partial charge on any atom is 0.387 e. The molecular formula is C10H8BrF3O2. The summed E-state index contributed by atoms with van der Waals surface area (Å²) < 4.78 is 41.3. The van der Waals surface area contributed by atoms with Crippen molar-refractivity contribution in [2.75, 3.05) is 5.33 Å². The van der Waals surface area contributed by atoms with E-state index in [1.165, 1.54) is 12.1 Å². The molecule has 0 aliphatic carbocycles. The topological polar surface area (TPSA) is 26.3 Å². The number of halogens is 4. The molecule has 0 aliphatic rings. The molecule has 0 amide bonds. The van der Waals surface area contributed by atoms with E-state index in [9.17, 15) is 18.0 Å². The van der Waals surface area contributed by atoms with E-state index in [1.807, 2.05) is 0 Å². The zero-order valence-corrected chi connectivity index (χ0v) is 9.64. The van der Waals surface area contributed by atoms with Crippen molar-refractivity contribution < 1.29 is 22.7 Å². The number of ether oxygens (including phenoxy) is 1. The van der Waals surface area contributed by atoms with Crippen LogP contribution in [0.2, 0.25) is 0 Å². The van der Waals surface area contributed by atoms with Crippen molar-refractivity contribution in [1.29, 1.82) is 0 Å². The minimum absolute atomic E-state index is 0.0923. The van der Waals surface area contributed by atoms with Crippen LogP contribution in [0.5, 0.6) is 5.75 Å². The van der Waals surface area contributed by atoms with Gasteiger partial charge in [0.1, 0.15) is 0 Å². The largest absolute Gasteiger partial charge is 0.432 e. The number of Topliss-reactive ketones (excluding diaryl/α,β-unsaturated/α-hetero) is 1. The Morgan fingerprint density at radius 3 is 2.69 bits per heavy atom. The highest BCUT2D eigenvalue weighted by molar-refractivity contribution is 9.09. The molecule has 0 spiro atoms. The number of rotatable bonds is 5. The molecule has 0 bridgehead atoms. The van der Waals surface area contributed by atoms with Gasteiger partial charge < -0.3 is 4.74 Å². The monoisotopic (exact) mass is 296 g/mol. The fraction of sp³-hybridized carbons (Fsp3) is 0.300. The van der Waals surface area contributed by atoms with E-state index in [2.05, 4.69) is 20.7 Å². The maximum atomic E-state index is 13.5. The van der Waals surface area contributed by atoms with Gasteiger partial charge in [0.2, 0.25) is 0 Å². The van der Waals surface area contributed by atoms with E-state index in [4.69, 9.17) is 0 Å². The summed E-state index contributed by atoms with van der Waals surface area (Å²) in [6, 6.07) is 3.58. The molecule has 0 atom stereocenters. The lowest BCUT2D eigenvalue weighted by molar-refractivity contribution is -0.0522. The van der Waals surface area contributed by atoms with E-state index < -0.39 is 24.0 Å². The van der Waals surface area contributed by atoms with Crippen LogP contribution in [0.25, 0.3) is 0 Å². The minimum Gasteiger partial charge on any atom is -0.432 e. The van der Waals surface area contributed by atoms with Crippen LogP contribution in [0.4, 0.5) is 13.2 Å². The van der Waals surface area contributed by atoms with Crippen LogP contribution in [0.15, 0.2) is 18.2 Å². The Morgan fingerprint density at radius 2 is 2.12 bits per heavy atom. The third-order valence-electron chi connectivity index (χ3n) is 1.80. The van der Waals surface area contributed by atoms with Crippen molar-refractivity contribution in [3.8, 4) is 5.75 Å². The molecule has 0 saturated heterocycles. The zero-order valence-electron chi connectivity index (χ0n) is 8.05. The molecule has 0 aromatic heterocycles. The second-order valence-corrected chi connectivity index (χ2v) is 3.65. The number of benzene rings is 1. The average molecular weight is 297 g/mol. The van der Waals surface area contributed by atoms with Crippen molar-refractivity contribution in [2.24, 2.45) is 0 Å². The molecule has 0 heterocycles. The Morgan fingerprint density at radius 1 is 1.44 bits per heavy atom. The fourth-order valence-electron chi connectivity index (χ4n) is 1.13. The van der Waals surface area contributed by atoms with Gasteiger partial charge in [-0.1, -0.05) is 22.0 Å². The molecule has 0 saturated carbocycles. The van der Waals surface area contributed by atoms with E-state index in [0.717, 1.165) is 6.07 Å². The number of carbonyl (C=O) groups is 1. The van der Waals surface area contributed by atoms with Crippen LogP contribution in [0.3, 0.4) is 0 Å². The molecule has 88 valence electrons. The molecule has 0 aliphatic heterocycles. The first-order valence-corrected chi connectivity index (χ1v) is 5.51. The number of carbonyl (C=O) groups excluding carboxylic acids is 1. The quantitative estimate of drug-likeness (QED) is 0.615. The van der Waals surface area contributed by atoms with Gasteiger partial charge in [0, 0.05) is 11.8 Å². The first-order valence-electron chi connectivity index (χ1n) is 4.38. The SMILES string of the molecule is O=C(CCBr)c1cccc(OC(F)F)c1F. The predicted octanol–water partition coefficient (Wildman–Crippen LogP) is 3.39. The van der Waals surface area contributed by atoms with E-state index in [0.29, 0.717) is 5.33 Å². The molecule has 0 radical (unpaired) electrons. The van der Waals surface area contributed by atoms with Crippen LogP contribution in [0.1, 0.15) is 16.8 Å². The van der Waals surface area contributed by atoms with Crippen LogP contribution < -0.4 is 4.74 Å². The Bertz CT molecular complexity index is 382. The van der Waals surface area contributed by atoms with E-state index in [-0.39, 0.29) is 12.0 Å². The standard InChI is InChI=1S/C10H8BrF3O2/c11-5-4-7(15)6-2-1-3-8(9(6)12)16-10(13)14/h1-3,10H,4-5H2. The molecule has 2 nitrogen and oxygen atoms in total. The Labute approximate surface area is 98.5 Å². The number of ketones is 1. The summed E-state index contributed by atoms with van der Waals surface area (Å²) in [5, 5.41) is 0.380.